The third kappa shape index (κ3) is 6.75. The molecule has 0 radical (unpaired) electrons. The second kappa shape index (κ2) is 7.77. The molecule has 26 heavy (non-hydrogen) atoms. The van der Waals surface area contributed by atoms with Crippen molar-refractivity contribution in [2.75, 3.05) is 6.26 Å². The van der Waals surface area contributed by atoms with Crippen molar-refractivity contribution in [2.45, 2.75) is 18.7 Å². The lowest BCUT2D eigenvalue weighted by atomic mass is 10.1. The highest BCUT2D eigenvalue weighted by molar-refractivity contribution is 7.89. The first-order valence-corrected chi connectivity index (χ1v) is 9.47. The fourth-order valence-corrected chi connectivity index (χ4v) is 2.95. The van der Waals surface area contributed by atoms with Gasteiger partial charge in [-0.15, -0.1) is 13.2 Å². The van der Waals surface area contributed by atoms with Crippen LogP contribution in [0.1, 0.15) is 21.5 Å². The van der Waals surface area contributed by atoms with Crippen LogP contribution < -0.4 is 10.1 Å². The zero-order valence-corrected chi connectivity index (χ0v) is 14.5. The van der Waals surface area contributed by atoms with Gasteiger partial charge >= 0.3 is 6.36 Å². The van der Waals surface area contributed by atoms with Gasteiger partial charge in [0.25, 0.3) is 5.91 Å². The molecule has 1 amide bonds. The molecule has 0 bridgehead atoms. The Bertz CT molecular complexity index is 860. The van der Waals surface area contributed by atoms with E-state index in [4.69, 9.17) is 0 Å². The molecule has 0 aliphatic carbocycles. The Morgan fingerprint density at radius 2 is 1.54 bits per heavy atom. The van der Waals surface area contributed by atoms with E-state index in [9.17, 15) is 26.4 Å². The van der Waals surface area contributed by atoms with Crippen molar-refractivity contribution in [2.24, 2.45) is 0 Å². The highest BCUT2D eigenvalue weighted by Crippen LogP contribution is 2.22. The van der Waals surface area contributed by atoms with Crippen LogP contribution in [0.15, 0.2) is 48.5 Å². The fourth-order valence-electron chi connectivity index (χ4n) is 2.15. The lowest BCUT2D eigenvalue weighted by molar-refractivity contribution is -0.274. The van der Waals surface area contributed by atoms with E-state index < -0.39 is 16.2 Å². The number of carbonyl (C=O) groups is 1. The number of benzene rings is 2. The molecule has 5 nitrogen and oxygen atoms in total. The number of ether oxygens (including phenoxy) is 1. The molecule has 0 aliphatic heterocycles. The van der Waals surface area contributed by atoms with Crippen molar-refractivity contribution in [1.82, 2.24) is 5.32 Å². The van der Waals surface area contributed by atoms with Gasteiger partial charge in [-0.1, -0.05) is 24.3 Å². The second-order valence-electron chi connectivity index (χ2n) is 5.64. The Labute approximate surface area is 148 Å². The number of rotatable bonds is 6. The molecular formula is C17H16F3NO4S. The van der Waals surface area contributed by atoms with Crippen molar-refractivity contribution in [3.8, 4) is 5.75 Å². The Morgan fingerprint density at radius 1 is 1.00 bits per heavy atom. The number of halogens is 3. The molecule has 2 aromatic rings. The Morgan fingerprint density at radius 3 is 2.04 bits per heavy atom. The molecule has 0 spiro atoms. The third-order valence-electron chi connectivity index (χ3n) is 3.25. The number of carbonyl (C=O) groups excluding carboxylic acids is 1. The van der Waals surface area contributed by atoms with Gasteiger partial charge in [-0.3, -0.25) is 4.79 Å². The maximum absolute atomic E-state index is 12.1. The van der Waals surface area contributed by atoms with Crippen molar-refractivity contribution >= 4 is 15.7 Å². The van der Waals surface area contributed by atoms with E-state index in [1.54, 1.807) is 12.1 Å². The van der Waals surface area contributed by atoms with Crippen molar-refractivity contribution in [1.29, 1.82) is 0 Å². The molecule has 0 heterocycles. The van der Waals surface area contributed by atoms with Crippen LogP contribution in [0, 0.1) is 0 Å². The standard InChI is InChI=1S/C17H16F3NO4S/c1-26(23,24)11-13-2-6-14(7-3-13)16(22)21-10-12-4-8-15(9-5-12)25-17(18,19)20/h2-9H,10-11H2,1H3,(H,21,22). The smallest absolute Gasteiger partial charge is 0.406 e. The molecule has 0 fully saturated rings. The summed E-state index contributed by atoms with van der Waals surface area (Å²) in [6, 6.07) is 11.3. The summed E-state index contributed by atoms with van der Waals surface area (Å²) in [5.41, 5.74) is 1.52. The predicted octanol–water partition coefficient (Wildman–Crippen LogP) is 3.06. The van der Waals surface area contributed by atoms with Crippen LogP contribution in [-0.2, 0) is 22.1 Å². The van der Waals surface area contributed by atoms with Crippen LogP contribution in [0.4, 0.5) is 13.2 Å². The summed E-state index contributed by atoms with van der Waals surface area (Å²) in [5, 5.41) is 2.63. The molecule has 0 saturated carbocycles. The Kier molecular flexibility index (Phi) is 5.91. The number of nitrogens with one attached hydrogen (secondary N) is 1. The van der Waals surface area contributed by atoms with Crippen LogP contribution >= 0.6 is 0 Å². The quantitative estimate of drug-likeness (QED) is 0.827. The van der Waals surface area contributed by atoms with Crippen molar-refractivity contribution in [3.05, 3.63) is 65.2 Å². The molecule has 0 atom stereocenters. The lowest BCUT2D eigenvalue weighted by Crippen LogP contribution is -2.22. The summed E-state index contributed by atoms with van der Waals surface area (Å²) < 4.78 is 62.5. The number of alkyl halides is 3. The number of sulfone groups is 1. The maximum atomic E-state index is 12.1. The number of amides is 1. The van der Waals surface area contributed by atoms with Gasteiger partial charge in [-0.05, 0) is 35.4 Å². The molecule has 9 heteroatoms. The first-order valence-electron chi connectivity index (χ1n) is 7.41. The van der Waals surface area contributed by atoms with Crippen LogP contribution in [0.3, 0.4) is 0 Å². The minimum atomic E-state index is -4.75. The summed E-state index contributed by atoms with van der Waals surface area (Å²) in [4.78, 5) is 12.1. The topological polar surface area (TPSA) is 72.5 Å². The summed E-state index contributed by atoms with van der Waals surface area (Å²) in [7, 11) is -3.15. The summed E-state index contributed by atoms with van der Waals surface area (Å²) >= 11 is 0. The molecule has 2 aromatic carbocycles. The number of hydrogen-bond donors (Lipinski definition) is 1. The molecule has 0 saturated heterocycles. The SMILES string of the molecule is CS(=O)(=O)Cc1ccc(C(=O)NCc2ccc(OC(F)(F)F)cc2)cc1. The molecule has 140 valence electrons. The maximum Gasteiger partial charge on any atom is 0.573 e. The van der Waals surface area contributed by atoms with E-state index in [1.807, 2.05) is 0 Å². The second-order valence-corrected chi connectivity index (χ2v) is 7.78. The largest absolute Gasteiger partial charge is 0.573 e. The van der Waals surface area contributed by atoms with E-state index in [1.165, 1.54) is 24.3 Å². The molecule has 1 N–H and O–H groups in total. The van der Waals surface area contributed by atoms with Gasteiger partial charge < -0.3 is 10.1 Å². The van der Waals surface area contributed by atoms with E-state index in [-0.39, 0.29) is 24.0 Å². The predicted molar refractivity (Wildman–Crippen MR) is 89.3 cm³/mol. The molecule has 0 unspecified atom stereocenters. The van der Waals surface area contributed by atoms with Gasteiger partial charge in [-0.2, -0.15) is 0 Å². The van der Waals surface area contributed by atoms with Gasteiger partial charge in [0.1, 0.15) is 5.75 Å². The fraction of sp³-hybridized carbons (Fsp3) is 0.235. The normalized spacial score (nSPS) is 11.8. The summed E-state index contributed by atoms with van der Waals surface area (Å²) in [5.74, 6) is -0.832. The zero-order valence-electron chi connectivity index (χ0n) is 13.7. The van der Waals surface area contributed by atoms with Crippen LogP contribution in [0.25, 0.3) is 0 Å². The van der Waals surface area contributed by atoms with Gasteiger partial charge in [0.15, 0.2) is 9.84 Å². The van der Waals surface area contributed by atoms with Gasteiger partial charge in [0.2, 0.25) is 0 Å². The van der Waals surface area contributed by atoms with Gasteiger partial charge in [0, 0.05) is 18.4 Å². The van der Waals surface area contributed by atoms with Gasteiger partial charge in [-0.25, -0.2) is 8.42 Å². The minimum Gasteiger partial charge on any atom is -0.406 e. The van der Waals surface area contributed by atoms with Crippen LogP contribution in [0.5, 0.6) is 5.75 Å². The molecule has 2 rings (SSSR count). The Balaban J connectivity index is 1.92. The highest BCUT2D eigenvalue weighted by Gasteiger charge is 2.30. The first kappa shape index (κ1) is 19.8. The first-order chi connectivity index (χ1) is 12.0. The minimum absolute atomic E-state index is 0.110. The molecular weight excluding hydrogens is 371 g/mol. The van der Waals surface area contributed by atoms with Gasteiger partial charge in [0.05, 0.1) is 5.75 Å². The summed E-state index contributed by atoms with van der Waals surface area (Å²) in [6.07, 6.45) is -3.63. The van der Waals surface area contributed by atoms with E-state index in [0.717, 1.165) is 18.4 Å². The van der Waals surface area contributed by atoms with E-state index in [2.05, 4.69) is 10.1 Å². The average molecular weight is 387 g/mol. The van der Waals surface area contributed by atoms with Crippen molar-refractivity contribution < 1.29 is 31.1 Å². The van der Waals surface area contributed by atoms with E-state index >= 15 is 0 Å². The van der Waals surface area contributed by atoms with Crippen molar-refractivity contribution in [3.63, 3.8) is 0 Å². The highest BCUT2D eigenvalue weighted by atomic mass is 32.2. The third-order valence-corrected chi connectivity index (χ3v) is 4.11. The zero-order chi connectivity index (χ0) is 19.4. The Hall–Kier alpha value is -2.55. The molecule has 0 aliphatic rings. The number of hydrogen-bond acceptors (Lipinski definition) is 4. The summed E-state index contributed by atoms with van der Waals surface area (Å²) in [6.45, 7) is 0.121. The van der Waals surface area contributed by atoms with Crippen LogP contribution in [0.2, 0.25) is 0 Å². The van der Waals surface area contributed by atoms with Crippen LogP contribution in [-0.4, -0.2) is 26.9 Å². The monoisotopic (exact) mass is 387 g/mol. The van der Waals surface area contributed by atoms with E-state index in [0.29, 0.717) is 16.7 Å². The molecule has 0 aromatic heterocycles. The average Bonchev–Trinajstić information content (AvgIpc) is 2.51. The lowest BCUT2D eigenvalue weighted by Gasteiger charge is -2.10.